The molecular formula is C6H3BrClF2NO. The summed E-state index contributed by atoms with van der Waals surface area (Å²) in [6, 6.07) is 0. The van der Waals surface area contributed by atoms with E-state index in [-0.39, 0.29) is 10.8 Å². The van der Waals surface area contributed by atoms with Crippen LogP contribution in [0.1, 0.15) is 0 Å². The van der Waals surface area contributed by atoms with Crippen LogP contribution in [0.5, 0.6) is 5.75 Å². The molecular weight excluding hydrogens is 255 g/mol. The van der Waals surface area contributed by atoms with Crippen LogP contribution in [0.15, 0.2) is 16.9 Å². The standard InChI is InChI=1S/C6H3BrClF2NO/c7-3-1-11-2-4(5(3)8)12-6(9)10/h1-2,6H. The first-order valence-electron chi connectivity index (χ1n) is 2.85. The molecule has 12 heavy (non-hydrogen) atoms. The van der Waals surface area contributed by atoms with Gasteiger partial charge in [0.05, 0.1) is 10.7 Å². The van der Waals surface area contributed by atoms with Crippen LogP contribution in [0.2, 0.25) is 5.02 Å². The van der Waals surface area contributed by atoms with Gasteiger partial charge in [-0.3, -0.25) is 4.98 Å². The highest BCUT2D eigenvalue weighted by atomic mass is 79.9. The summed E-state index contributed by atoms with van der Waals surface area (Å²) in [6.07, 6.45) is 2.51. The van der Waals surface area contributed by atoms with Crippen molar-refractivity contribution in [2.45, 2.75) is 6.61 Å². The highest BCUT2D eigenvalue weighted by Gasteiger charge is 2.10. The predicted molar refractivity (Wildman–Crippen MR) is 43.6 cm³/mol. The summed E-state index contributed by atoms with van der Waals surface area (Å²) in [6.45, 7) is -2.89. The summed E-state index contributed by atoms with van der Waals surface area (Å²) in [5.41, 5.74) is 0. The van der Waals surface area contributed by atoms with Crippen LogP contribution in [-0.4, -0.2) is 11.6 Å². The number of hydrogen-bond acceptors (Lipinski definition) is 2. The van der Waals surface area contributed by atoms with Crippen molar-refractivity contribution in [2.75, 3.05) is 0 Å². The van der Waals surface area contributed by atoms with E-state index >= 15 is 0 Å². The average Bonchev–Trinajstić information content (AvgIpc) is 1.98. The fourth-order valence-corrected chi connectivity index (χ4v) is 1.04. The van der Waals surface area contributed by atoms with Crippen molar-refractivity contribution in [3.05, 3.63) is 21.9 Å². The third kappa shape index (κ3) is 2.28. The van der Waals surface area contributed by atoms with Crippen LogP contribution >= 0.6 is 27.5 Å². The van der Waals surface area contributed by atoms with Crippen molar-refractivity contribution in [1.29, 1.82) is 0 Å². The SMILES string of the molecule is FC(F)Oc1cncc(Br)c1Cl. The summed E-state index contributed by atoms with van der Waals surface area (Å²) >= 11 is 8.61. The number of rotatable bonds is 2. The molecule has 0 aliphatic heterocycles. The van der Waals surface area contributed by atoms with Crippen LogP contribution in [0.4, 0.5) is 8.78 Å². The van der Waals surface area contributed by atoms with Crippen molar-refractivity contribution >= 4 is 27.5 Å². The molecule has 2 nitrogen and oxygen atoms in total. The van der Waals surface area contributed by atoms with E-state index in [0.717, 1.165) is 6.20 Å². The highest BCUT2D eigenvalue weighted by molar-refractivity contribution is 9.10. The summed E-state index contributed by atoms with van der Waals surface area (Å²) in [5, 5.41) is 0.0882. The molecule has 1 aromatic heterocycles. The van der Waals surface area contributed by atoms with Crippen LogP contribution < -0.4 is 4.74 Å². The lowest BCUT2D eigenvalue weighted by atomic mass is 10.5. The Hall–Kier alpha value is -0.420. The second kappa shape index (κ2) is 4.00. The lowest BCUT2D eigenvalue weighted by Gasteiger charge is -2.05. The number of nitrogens with zero attached hydrogens (tertiary/aromatic N) is 1. The third-order valence-electron chi connectivity index (χ3n) is 1.02. The Morgan fingerprint density at radius 1 is 1.50 bits per heavy atom. The Bertz CT molecular complexity index is 284. The molecule has 0 N–H and O–H groups in total. The summed E-state index contributed by atoms with van der Waals surface area (Å²) in [7, 11) is 0. The molecule has 0 bridgehead atoms. The van der Waals surface area contributed by atoms with Gasteiger partial charge in [-0.05, 0) is 15.9 Å². The topological polar surface area (TPSA) is 22.1 Å². The van der Waals surface area contributed by atoms with E-state index in [1.54, 1.807) is 0 Å². The van der Waals surface area contributed by atoms with Crippen molar-refractivity contribution in [3.63, 3.8) is 0 Å². The van der Waals surface area contributed by atoms with Crippen molar-refractivity contribution in [1.82, 2.24) is 4.98 Å². The number of ether oxygens (including phenoxy) is 1. The van der Waals surface area contributed by atoms with E-state index < -0.39 is 6.61 Å². The van der Waals surface area contributed by atoms with E-state index in [2.05, 4.69) is 25.7 Å². The van der Waals surface area contributed by atoms with Crippen LogP contribution in [0, 0.1) is 0 Å². The van der Waals surface area contributed by atoms with Gasteiger partial charge < -0.3 is 4.74 Å². The van der Waals surface area contributed by atoms with Crippen LogP contribution in [-0.2, 0) is 0 Å². The molecule has 66 valence electrons. The zero-order valence-corrected chi connectivity index (χ0v) is 7.94. The maximum Gasteiger partial charge on any atom is 0.387 e. The first kappa shape index (κ1) is 9.67. The molecule has 0 amide bonds. The van der Waals surface area contributed by atoms with Gasteiger partial charge in [-0.15, -0.1) is 0 Å². The minimum Gasteiger partial charge on any atom is -0.432 e. The summed E-state index contributed by atoms with van der Waals surface area (Å²) < 4.78 is 27.9. The smallest absolute Gasteiger partial charge is 0.387 e. The monoisotopic (exact) mass is 257 g/mol. The third-order valence-corrected chi connectivity index (χ3v) is 2.24. The number of aromatic nitrogens is 1. The summed E-state index contributed by atoms with van der Waals surface area (Å²) in [5.74, 6) is -0.138. The van der Waals surface area contributed by atoms with E-state index in [1.165, 1.54) is 6.20 Å². The predicted octanol–water partition coefficient (Wildman–Crippen LogP) is 3.10. The number of halogens is 4. The maximum absolute atomic E-state index is 11.7. The molecule has 1 heterocycles. The van der Waals surface area contributed by atoms with Gasteiger partial charge in [0, 0.05) is 6.20 Å². The molecule has 0 atom stereocenters. The van der Waals surface area contributed by atoms with Gasteiger partial charge in [0.2, 0.25) is 0 Å². The van der Waals surface area contributed by atoms with Crippen molar-refractivity contribution in [3.8, 4) is 5.75 Å². The van der Waals surface area contributed by atoms with E-state index in [4.69, 9.17) is 11.6 Å². The summed E-state index contributed by atoms with van der Waals surface area (Å²) in [4.78, 5) is 3.61. The van der Waals surface area contributed by atoms with Gasteiger partial charge in [-0.2, -0.15) is 8.78 Å². The largest absolute Gasteiger partial charge is 0.432 e. The van der Waals surface area contributed by atoms with E-state index in [1.807, 2.05) is 0 Å². The fraction of sp³-hybridized carbons (Fsp3) is 0.167. The van der Waals surface area contributed by atoms with Gasteiger partial charge in [0.15, 0.2) is 5.75 Å². The molecule has 0 saturated carbocycles. The lowest BCUT2D eigenvalue weighted by molar-refractivity contribution is -0.0500. The molecule has 0 spiro atoms. The van der Waals surface area contributed by atoms with Crippen LogP contribution in [0.3, 0.4) is 0 Å². The van der Waals surface area contributed by atoms with Crippen LogP contribution in [0.25, 0.3) is 0 Å². The zero-order chi connectivity index (χ0) is 9.14. The quantitative estimate of drug-likeness (QED) is 0.813. The van der Waals surface area contributed by atoms with Gasteiger partial charge >= 0.3 is 6.61 Å². The Kier molecular flexibility index (Phi) is 3.22. The number of hydrogen-bond donors (Lipinski definition) is 0. The minimum absolute atomic E-state index is 0.0882. The molecule has 0 radical (unpaired) electrons. The van der Waals surface area contributed by atoms with Gasteiger partial charge in [-0.1, -0.05) is 11.6 Å². The second-order valence-electron chi connectivity index (χ2n) is 1.81. The Labute approximate surface area is 80.6 Å². The van der Waals surface area contributed by atoms with E-state index in [0.29, 0.717) is 4.47 Å². The molecule has 0 aliphatic rings. The lowest BCUT2D eigenvalue weighted by Crippen LogP contribution is -2.02. The molecule has 0 fully saturated rings. The van der Waals surface area contributed by atoms with Gasteiger partial charge in [0.25, 0.3) is 0 Å². The Balaban J connectivity index is 2.92. The van der Waals surface area contributed by atoms with Gasteiger partial charge in [-0.25, -0.2) is 0 Å². The number of alkyl halides is 2. The Morgan fingerprint density at radius 2 is 2.17 bits per heavy atom. The Morgan fingerprint density at radius 3 is 2.75 bits per heavy atom. The molecule has 0 saturated heterocycles. The molecule has 0 aromatic carbocycles. The highest BCUT2D eigenvalue weighted by Crippen LogP contribution is 2.31. The fourth-order valence-electron chi connectivity index (χ4n) is 0.580. The van der Waals surface area contributed by atoms with Crippen molar-refractivity contribution in [2.24, 2.45) is 0 Å². The normalized spacial score (nSPS) is 10.4. The molecule has 6 heteroatoms. The maximum atomic E-state index is 11.7. The molecule has 1 aromatic rings. The molecule has 0 aliphatic carbocycles. The zero-order valence-electron chi connectivity index (χ0n) is 5.60. The van der Waals surface area contributed by atoms with E-state index in [9.17, 15) is 8.78 Å². The molecule has 1 rings (SSSR count). The van der Waals surface area contributed by atoms with Crippen molar-refractivity contribution < 1.29 is 13.5 Å². The average molecular weight is 258 g/mol. The first-order valence-corrected chi connectivity index (χ1v) is 4.02. The molecule has 0 unspecified atom stereocenters. The van der Waals surface area contributed by atoms with Gasteiger partial charge in [0.1, 0.15) is 5.02 Å². The second-order valence-corrected chi connectivity index (χ2v) is 3.04. The number of pyridine rings is 1. The first-order chi connectivity index (χ1) is 5.61. The minimum atomic E-state index is -2.89.